The van der Waals surface area contributed by atoms with E-state index in [9.17, 15) is 9.59 Å². The molecule has 0 aliphatic carbocycles. The summed E-state index contributed by atoms with van der Waals surface area (Å²) in [6.45, 7) is 1.32. The van der Waals surface area contributed by atoms with E-state index >= 15 is 0 Å². The Balaban J connectivity index is 2.32. The number of hydrogen-bond donors (Lipinski definition) is 2. The summed E-state index contributed by atoms with van der Waals surface area (Å²) in [5, 5.41) is 13.2. The predicted molar refractivity (Wildman–Crippen MR) is 65.7 cm³/mol. The first-order valence-electron chi connectivity index (χ1n) is 4.69. The van der Waals surface area contributed by atoms with Gasteiger partial charge < -0.3 is 10.4 Å². The van der Waals surface area contributed by atoms with E-state index in [2.05, 4.69) is 5.32 Å². The third kappa shape index (κ3) is 4.67. The van der Waals surface area contributed by atoms with Crippen molar-refractivity contribution in [2.24, 2.45) is 0 Å². The molecule has 1 atom stereocenters. The first-order chi connectivity index (χ1) is 7.59. The first kappa shape index (κ1) is 13.1. The van der Waals surface area contributed by atoms with Crippen molar-refractivity contribution in [3.8, 4) is 0 Å². The van der Waals surface area contributed by atoms with E-state index in [1.54, 1.807) is 11.3 Å². The Labute approximate surface area is 102 Å². The number of hydrogen-bond acceptors (Lipinski definition) is 4. The van der Waals surface area contributed by atoms with E-state index in [0.29, 0.717) is 5.75 Å². The molecule has 0 fully saturated rings. The molecule has 0 saturated heterocycles. The van der Waals surface area contributed by atoms with Gasteiger partial charge in [0, 0.05) is 23.3 Å². The van der Waals surface area contributed by atoms with Gasteiger partial charge in [-0.1, -0.05) is 6.07 Å². The Morgan fingerprint density at radius 2 is 2.38 bits per heavy atom. The van der Waals surface area contributed by atoms with Crippen LogP contribution in [0, 0.1) is 0 Å². The highest BCUT2D eigenvalue weighted by molar-refractivity contribution is 7.98. The van der Waals surface area contributed by atoms with Gasteiger partial charge in [0.05, 0.1) is 0 Å². The summed E-state index contributed by atoms with van der Waals surface area (Å²) in [7, 11) is 0. The van der Waals surface area contributed by atoms with Crippen LogP contribution in [-0.2, 0) is 15.3 Å². The molecule has 1 rings (SSSR count). The van der Waals surface area contributed by atoms with Gasteiger partial charge in [0.25, 0.3) is 0 Å². The monoisotopic (exact) mass is 259 g/mol. The van der Waals surface area contributed by atoms with Crippen molar-refractivity contribution >= 4 is 35.0 Å². The van der Waals surface area contributed by atoms with Crippen molar-refractivity contribution in [1.29, 1.82) is 0 Å². The normalized spacial score (nSPS) is 12.1. The molecule has 2 N–H and O–H groups in total. The zero-order valence-electron chi connectivity index (χ0n) is 8.80. The molecule has 1 amide bonds. The minimum atomic E-state index is -0.992. The number of carboxylic acids is 1. The van der Waals surface area contributed by atoms with Gasteiger partial charge in [-0.05, 0) is 11.4 Å². The van der Waals surface area contributed by atoms with Gasteiger partial charge in [0.15, 0.2) is 0 Å². The fourth-order valence-electron chi connectivity index (χ4n) is 1.09. The molecular weight excluding hydrogens is 246 g/mol. The Morgan fingerprint density at radius 1 is 1.62 bits per heavy atom. The quantitative estimate of drug-likeness (QED) is 0.814. The number of thioether (sulfide) groups is 1. The number of carbonyl (C=O) groups is 2. The lowest BCUT2D eigenvalue weighted by Gasteiger charge is -2.12. The van der Waals surface area contributed by atoms with Crippen LogP contribution in [0.15, 0.2) is 17.5 Å². The van der Waals surface area contributed by atoms with E-state index in [0.717, 1.165) is 5.75 Å². The third-order valence-electron chi connectivity index (χ3n) is 1.78. The number of rotatable bonds is 6. The predicted octanol–water partition coefficient (Wildman–Crippen LogP) is 1.57. The molecular formula is C10H13NO3S2. The maximum Gasteiger partial charge on any atom is 0.327 e. The molecule has 4 nitrogen and oxygen atoms in total. The molecule has 0 unspecified atom stereocenters. The average molecular weight is 259 g/mol. The second kappa shape index (κ2) is 6.55. The fourth-order valence-corrected chi connectivity index (χ4v) is 2.98. The number of aliphatic carboxylic acids is 1. The number of carbonyl (C=O) groups excluding carboxylic acids is 1. The molecule has 1 heterocycles. The van der Waals surface area contributed by atoms with Crippen molar-refractivity contribution in [3.63, 3.8) is 0 Å². The van der Waals surface area contributed by atoms with Gasteiger partial charge in [-0.2, -0.15) is 11.8 Å². The molecule has 0 radical (unpaired) electrons. The van der Waals surface area contributed by atoms with Gasteiger partial charge in [0.2, 0.25) is 5.91 Å². The van der Waals surface area contributed by atoms with Gasteiger partial charge in [-0.3, -0.25) is 4.79 Å². The molecule has 1 aromatic rings. The maximum absolute atomic E-state index is 10.8. The average Bonchev–Trinajstić information content (AvgIpc) is 2.68. The van der Waals surface area contributed by atoms with Crippen LogP contribution in [0.3, 0.4) is 0 Å². The summed E-state index contributed by atoms with van der Waals surface area (Å²) in [4.78, 5) is 22.8. The second-order valence-electron chi connectivity index (χ2n) is 3.19. The topological polar surface area (TPSA) is 66.4 Å². The molecule has 0 aliphatic rings. The number of amides is 1. The molecule has 0 aliphatic heterocycles. The highest BCUT2D eigenvalue weighted by Gasteiger charge is 2.17. The van der Waals surface area contributed by atoms with E-state index in [-0.39, 0.29) is 5.91 Å². The Kier molecular flexibility index (Phi) is 5.34. The molecule has 0 saturated carbocycles. The number of thiophene rings is 1. The first-order valence-corrected chi connectivity index (χ1v) is 6.73. The van der Waals surface area contributed by atoms with Crippen LogP contribution in [0.4, 0.5) is 0 Å². The fraction of sp³-hybridized carbons (Fsp3) is 0.400. The highest BCUT2D eigenvalue weighted by atomic mass is 32.2. The summed E-state index contributed by atoms with van der Waals surface area (Å²) >= 11 is 3.15. The zero-order chi connectivity index (χ0) is 12.0. The summed E-state index contributed by atoms with van der Waals surface area (Å²) in [5.74, 6) is -0.147. The molecule has 0 aromatic carbocycles. The van der Waals surface area contributed by atoms with Crippen molar-refractivity contribution in [2.45, 2.75) is 18.7 Å². The summed E-state index contributed by atoms with van der Waals surface area (Å²) in [6.07, 6.45) is 0. The lowest BCUT2D eigenvalue weighted by Crippen LogP contribution is -2.41. The minimum Gasteiger partial charge on any atom is -0.480 e. The second-order valence-corrected chi connectivity index (χ2v) is 5.25. The largest absolute Gasteiger partial charge is 0.480 e. The molecule has 88 valence electrons. The van der Waals surface area contributed by atoms with E-state index < -0.39 is 12.0 Å². The highest BCUT2D eigenvalue weighted by Crippen LogP contribution is 2.17. The Morgan fingerprint density at radius 3 is 2.88 bits per heavy atom. The lowest BCUT2D eigenvalue weighted by molar-refractivity contribution is -0.140. The van der Waals surface area contributed by atoms with Gasteiger partial charge in [-0.25, -0.2) is 4.79 Å². The zero-order valence-corrected chi connectivity index (χ0v) is 10.4. The number of carboxylic acid groups (broad SMARTS) is 1. The van der Waals surface area contributed by atoms with E-state index in [4.69, 9.17) is 5.11 Å². The standard InChI is InChI=1S/C10H13NO3S2/c1-7(12)11-9(10(13)14)6-15-5-8-3-2-4-16-8/h2-4,9H,5-6H2,1H3,(H,11,12)(H,13,14)/t9-/m0/s1. The van der Waals surface area contributed by atoms with Crippen molar-refractivity contribution in [3.05, 3.63) is 22.4 Å². The molecule has 1 aromatic heterocycles. The third-order valence-corrected chi connectivity index (χ3v) is 3.93. The lowest BCUT2D eigenvalue weighted by atomic mass is 10.3. The van der Waals surface area contributed by atoms with Crippen LogP contribution < -0.4 is 5.32 Å². The van der Waals surface area contributed by atoms with Crippen LogP contribution in [0.5, 0.6) is 0 Å². The van der Waals surface area contributed by atoms with Crippen molar-refractivity contribution in [1.82, 2.24) is 5.32 Å². The SMILES string of the molecule is CC(=O)N[C@@H](CSCc1cccs1)C(=O)O. The summed E-state index contributed by atoms with van der Waals surface area (Å²) < 4.78 is 0. The number of nitrogens with one attached hydrogen (secondary N) is 1. The van der Waals surface area contributed by atoms with Crippen molar-refractivity contribution < 1.29 is 14.7 Å². The Hall–Kier alpha value is -1.01. The molecule has 0 bridgehead atoms. The van der Waals surface area contributed by atoms with Crippen LogP contribution in [0.1, 0.15) is 11.8 Å². The van der Waals surface area contributed by atoms with Crippen molar-refractivity contribution in [2.75, 3.05) is 5.75 Å². The Bertz CT molecular complexity index is 351. The van der Waals surface area contributed by atoms with Crippen LogP contribution in [-0.4, -0.2) is 28.8 Å². The summed E-state index contributed by atoms with van der Waals surface area (Å²) in [5.41, 5.74) is 0. The molecule has 6 heteroatoms. The van der Waals surface area contributed by atoms with Crippen LogP contribution >= 0.6 is 23.1 Å². The van der Waals surface area contributed by atoms with Gasteiger partial charge in [0.1, 0.15) is 6.04 Å². The minimum absolute atomic E-state index is 0.316. The van der Waals surface area contributed by atoms with Gasteiger partial charge >= 0.3 is 5.97 Å². The smallest absolute Gasteiger partial charge is 0.327 e. The van der Waals surface area contributed by atoms with E-state index in [1.165, 1.54) is 23.6 Å². The van der Waals surface area contributed by atoms with E-state index in [1.807, 2.05) is 17.5 Å². The molecule has 0 spiro atoms. The maximum atomic E-state index is 10.8. The summed E-state index contributed by atoms with van der Waals surface area (Å²) in [6, 6.07) is 3.16. The van der Waals surface area contributed by atoms with Crippen LogP contribution in [0.25, 0.3) is 0 Å². The van der Waals surface area contributed by atoms with Crippen LogP contribution in [0.2, 0.25) is 0 Å². The molecule has 16 heavy (non-hydrogen) atoms. The van der Waals surface area contributed by atoms with Gasteiger partial charge in [-0.15, -0.1) is 11.3 Å².